The van der Waals surface area contributed by atoms with Crippen LogP contribution in [0.3, 0.4) is 0 Å². The summed E-state index contributed by atoms with van der Waals surface area (Å²) in [7, 11) is 1.82. The second kappa shape index (κ2) is 10.9. The summed E-state index contributed by atoms with van der Waals surface area (Å²) < 4.78 is 5.39. The van der Waals surface area contributed by atoms with E-state index in [9.17, 15) is 4.79 Å². The van der Waals surface area contributed by atoms with Gasteiger partial charge in [-0.05, 0) is 38.6 Å². The molecule has 7 heteroatoms. The van der Waals surface area contributed by atoms with Gasteiger partial charge in [0.1, 0.15) is 0 Å². The van der Waals surface area contributed by atoms with Crippen LogP contribution in [0.25, 0.3) is 0 Å². The van der Waals surface area contributed by atoms with E-state index in [0.29, 0.717) is 11.9 Å². The van der Waals surface area contributed by atoms with Crippen molar-refractivity contribution in [3.05, 3.63) is 0 Å². The molecule has 0 aromatic carbocycles. The fraction of sp³-hybridized carbons (Fsp3) is 0.900. The third kappa shape index (κ3) is 6.35. The van der Waals surface area contributed by atoms with Crippen LogP contribution in [-0.4, -0.2) is 87.2 Å². The van der Waals surface area contributed by atoms with E-state index in [0.717, 1.165) is 84.1 Å². The van der Waals surface area contributed by atoms with E-state index in [1.807, 2.05) is 7.05 Å². The Hall–Kier alpha value is -1.34. The molecule has 1 amide bonds. The number of nitrogens with one attached hydrogen (secondary N) is 2. The second-order valence-corrected chi connectivity index (χ2v) is 8.06. The first-order valence-electron chi connectivity index (χ1n) is 10.8. The highest BCUT2D eigenvalue weighted by Crippen LogP contribution is 2.27. The Morgan fingerprint density at radius 1 is 1.11 bits per heavy atom. The first-order chi connectivity index (χ1) is 13.3. The molecule has 27 heavy (non-hydrogen) atoms. The molecule has 3 aliphatic rings. The van der Waals surface area contributed by atoms with Crippen molar-refractivity contribution in [1.29, 1.82) is 0 Å². The zero-order valence-electron chi connectivity index (χ0n) is 16.9. The lowest BCUT2D eigenvalue weighted by Gasteiger charge is -2.26. The smallest absolute Gasteiger partial charge is 0.225 e. The van der Waals surface area contributed by atoms with Crippen LogP contribution in [0.1, 0.15) is 44.9 Å². The highest BCUT2D eigenvalue weighted by Gasteiger charge is 2.32. The van der Waals surface area contributed by atoms with Crippen LogP contribution in [0, 0.1) is 5.92 Å². The molecule has 2 aliphatic heterocycles. The van der Waals surface area contributed by atoms with Crippen LogP contribution >= 0.6 is 0 Å². The summed E-state index contributed by atoms with van der Waals surface area (Å²) in [5.74, 6) is 1.53. The van der Waals surface area contributed by atoms with Gasteiger partial charge in [-0.15, -0.1) is 0 Å². The average molecular weight is 380 g/mol. The number of carbonyl (C=O) groups excluding carboxylic acids is 1. The van der Waals surface area contributed by atoms with Crippen LogP contribution in [0.4, 0.5) is 0 Å². The Morgan fingerprint density at radius 3 is 2.63 bits per heavy atom. The predicted molar refractivity (Wildman–Crippen MR) is 108 cm³/mol. The van der Waals surface area contributed by atoms with Crippen LogP contribution in [0.5, 0.6) is 0 Å². The number of likely N-dealkylation sites (tertiary alicyclic amines) is 1. The topological polar surface area (TPSA) is 69.2 Å². The Kier molecular flexibility index (Phi) is 8.20. The van der Waals surface area contributed by atoms with Crippen LogP contribution < -0.4 is 10.6 Å². The van der Waals surface area contributed by atoms with Crippen LogP contribution in [0.2, 0.25) is 0 Å². The van der Waals surface area contributed by atoms with E-state index in [1.165, 1.54) is 19.3 Å². The van der Waals surface area contributed by atoms with Crippen molar-refractivity contribution in [3.8, 4) is 0 Å². The van der Waals surface area contributed by atoms with E-state index in [2.05, 4.69) is 25.4 Å². The van der Waals surface area contributed by atoms with Gasteiger partial charge >= 0.3 is 0 Å². The Balaban J connectivity index is 1.29. The molecule has 0 aromatic rings. The number of rotatable bonds is 7. The SMILES string of the molecule is CN=C(NCCCCN1CCOCC1)NC1CCN(C(=O)C2CCCC2)C1. The largest absolute Gasteiger partial charge is 0.379 e. The fourth-order valence-electron chi connectivity index (χ4n) is 4.39. The highest BCUT2D eigenvalue weighted by molar-refractivity contribution is 5.81. The molecule has 2 saturated heterocycles. The minimum absolute atomic E-state index is 0.285. The molecule has 1 unspecified atom stereocenters. The lowest BCUT2D eigenvalue weighted by molar-refractivity contribution is -0.134. The zero-order chi connectivity index (χ0) is 18.9. The fourth-order valence-corrected chi connectivity index (χ4v) is 4.39. The summed E-state index contributed by atoms with van der Waals surface area (Å²) >= 11 is 0. The molecule has 154 valence electrons. The Bertz CT molecular complexity index is 487. The summed E-state index contributed by atoms with van der Waals surface area (Å²) in [6, 6.07) is 0.315. The maximum atomic E-state index is 12.6. The molecular weight excluding hydrogens is 342 g/mol. The summed E-state index contributed by atoms with van der Waals surface area (Å²) in [5.41, 5.74) is 0. The number of ether oxygens (including phenoxy) is 1. The van der Waals surface area contributed by atoms with Gasteiger partial charge in [0.2, 0.25) is 5.91 Å². The summed E-state index contributed by atoms with van der Waals surface area (Å²) in [6.45, 7) is 7.64. The number of nitrogens with zero attached hydrogens (tertiary/aromatic N) is 3. The third-order valence-electron chi connectivity index (χ3n) is 6.07. The molecule has 3 rings (SSSR count). The molecule has 0 radical (unpaired) electrons. The van der Waals surface area contributed by atoms with Gasteiger partial charge in [-0.1, -0.05) is 12.8 Å². The molecule has 0 spiro atoms. The molecular formula is C20H37N5O2. The van der Waals surface area contributed by atoms with Crippen molar-refractivity contribution in [2.24, 2.45) is 10.9 Å². The Labute approximate surface area is 163 Å². The summed E-state index contributed by atoms with van der Waals surface area (Å²) in [4.78, 5) is 21.4. The van der Waals surface area contributed by atoms with Gasteiger partial charge in [0.25, 0.3) is 0 Å². The summed E-state index contributed by atoms with van der Waals surface area (Å²) in [6.07, 6.45) is 7.94. The highest BCUT2D eigenvalue weighted by atomic mass is 16.5. The number of hydrogen-bond acceptors (Lipinski definition) is 4. The molecule has 1 aliphatic carbocycles. The molecule has 0 bridgehead atoms. The maximum Gasteiger partial charge on any atom is 0.225 e. The minimum Gasteiger partial charge on any atom is -0.379 e. The van der Waals surface area contributed by atoms with Gasteiger partial charge in [-0.25, -0.2) is 0 Å². The van der Waals surface area contributed by atoms with Gasteiger partial charge in [-0.2, -0.15) is 0 Å². The average Bonchev–Trinajstić information content (AvgIpc) is 3.39. The van der Waals surface area contributed by atoms with Gasteiger partial charge in [0.05, 0.1) is 13.2 Å². The van der Waals surface area contributed by atoms with E-state index in [1.54, 1.807) is 0 Å². The molecule has 1 saturated carbocycles. The monoisotopic (exact) mass is 379 g/mol. The van der Waals surface area contributed by atoms with Gasteiger partial charge in [0, 0.05) is 51.7 Å². The van der Waals surface area contributed by atoms with E-state index in [-0.39, 0.29) is 5.92 Å². The molecule has 1 atom stereocenters. The number of amides is 1. The van der Waals surface area contributed by atoms with E-state index in [4.69, 9.17) is 4.74 Å². The van der Waals surface area contributed by atoms with Crippen molar-refractivity contribution >= 4 is 11.9 Å². The maximum absolute atomic E-state index is 12.6. The van der Waals surface area contributed by atoms with E-state index < -0.39 is 0 Å². The van der Waals surface area contributed by atoms with Gasteiger partial charge < -0.3 is 20.3 Å². The van der Waals surface area contributed by atoms with Crippen molar-refractivity contribution in [3.63, 3.8) is 0 Å². The van der Waals surface area contributed by atoms with Gasteiger partial charge in [0.15, 0.2) is 5.96 Å². The lowest BCUT2D eigenvalue weighted by Crippen LogP contribution is -2.45. The number of carbonyl (C=O) groups is 1. The van der Waals surface area contributed by atoms with Crippen molar-refractivity contribution in [1.82, 2.24) is 20.4 Å². The quantitative estimate of drug-likeness (QED) is 0.393. The first-order valence-corrected chi connectivity index (χ1v) is 10.8. The number of morpholine rings is 1. The molecule has 2 N–H and O–H groups in total. The second-order valence-electron chi connectivity index (χ2n) is 8.06. The molecule has 3 fully saturated rings. The third-order valence-corrected chi connectivity index (χ3v) is 6.07. The minimum atomic E-state index is 0.285. The van der Waals surface area contributed by atoms with E-state index >= 15 is 0 Å². The standard InChI is InChI=1S/C20H37N5O2/c1-21-20(22-9-4-5-10-24-12-14-27-15-13-24)23-18-8-11-25(16-18)19(26)17-6-2-3-7-17/h17-18H,2-16H2,1H3,(H2,21,22,23). The van der Waals surface area contributed by atoms with Crippen LogP contribution in [0.15, 0.2) is 4.99 Å². The first kappa shape index (κ1) is 20.4. The van der Waals surface area contributed by atoms with Crippen molar-refractivity contribution in [2.45, 2.75) is 51.0 Å². The summed E-state index contributed by atoms with van der Waals surface area (Å²) in [5, 5.41) is 6.92. The molecule has 2 heterocycles. The predicted octanol–water partition coefficient (Wildman–Crippen LogP) is 1.05. The molecule has 7 nitrogen and oxygen atoms in total. The number of aliphatic imine (C=N–C) groups is 1. The number of hydrogen-bond donors (Lipinski definition) is 2. The normalized spacial score (nSPS) is 25.1. The zero-order valence-corrected chi connectivity index (χ0v) is 16.9. The van der Waals surface area contributed by atoms with Crippen molar-refractivity contribution < 1.29 is 9.53 Å². The van der Waals surface area contributed by atoms with Gasteiger partial charge in [-0.3, -0.25) is 14.7 Å². The molecule has 0 aromatic heterocycles. The number of unbranched alkanes of at least 4 members (excludes halogenated alkanes) is 1. The van der Waals surface area contributed by atoms with Crippen molar-refractivity contribution in [2.75, 3.05) is 59.5 Å². The Morgan fingerprint density at radius 2 is 1.89 bits per heavy atom. The van der Waals surface area contributed by atoms with Crippen LogP contribution in [-0.2, 0) is 9.53 Å². The lowest BCUT2D eigenvalue weighted by atomic mass is 10.1. The number of guanidine groups is 1.